The van der Waals surface area contributed by atoms with E-state index in [0.717, 1.165) is 48.8 Å². The third kappa shape index (κ3) is 6.00. The van der Waals surface area contributed by atoms with E-state index in [2.05, 4.69) is 15.4 Å². The highest BCUT2D eigenvalue weighted by Crippen LogP contribution is 2.38. The smallest absolute Gasteiger partial charge is 0.252 e. The third-order valence-electron chi connectivity index (χ3n) is 7.42. The van der Waals surface area contributed by atoms with Gasteiger partial charge in [-0.05, 0) is 70.4 Å². The molecule has 10 heteroatoms. The van der Waals surface area contributed by atoms with Gasteiger partial charge in [-0.3, -0.25) is 14.3 Å². The van der Waals surface area contributed by atoms with Crippen LogP contribution in [-0.4, -0.2) is 58.0 Å². The number of fused-ring (bicyclic) bond motifs is 1. The highest BCUT2D eigenvalue weighted by molar-refractivity contribution is 6.06. The minimum absolute atomic E-state index is 0.0267. The van der Waals surface area contributed by atoms with E-state index in [1.54, 1.807) is 18.3 Å². The molecule has 0 spiro atoms. The number of nitrogens with two attached hydrogens (primary N) is 1. The number of ether oxygens (including phenoxy) is 3. The molecule has 10 nitrogen and oxygen atoms in total. The van der Waals surface area contributed by atoms with Gasteiger partial charge in [0.1, 0.15) is 12.4 Å². The highest BCUT2D eigenvalue weighted by atomic mass is 16.5. The van der Waals surface area contributed by atoms with Crippen LogP contribution in [0.1, 0.15) is 75.7 Å². The summed E-state index contributed by atoms with van der Waals surface area (Å²) >= 11 is 0. The Hall–Kier alpha value is -3.66. The van der Waals surface area contributed by atoms with Gasteiger partial charge in [0.15, 0.2) is 0 Å². The average molecular weight is 536 g/mol. The molecule has 2 aliphatic rings. The highest BCUT2D eigenvalue weighted by Gasteiger charge is 2.25. The van der Waals surface area contributed by atoms with Crippen molar-refractivity contribution in [2.75, 3.05) is 13.2 Å². The van der Waals surface area contributed by atoms with Crippen LogP contribution in [0.3, 0.4) is 0 Å². The standard InChI is InChI=1S/C29H37N5O5/c1-4-37-21-8-6-20(7-9-21)34-15-18(13-32-34)25-14-31-29(38-16-19-5-10-27(35)33-19)23-12-26(39-17(2)3)24(28(30)36)11-22(23)25/h11-15,17,19-21H,4-10,16H2,1-3H3,(H2,30,36)(H,33,35)/t19-,20?,21?/m0/s1. The number of pyridine rings is 1. The van der Waals surface area contributed by atoms with Gasteiger partial charge in [0, 0.05) is 41.9 Å². The number of nitrogens with one attached hydrogen (secondary N) is 1. The molecule has 1 saturated carbocycles. The molecular formula is C29H37N5O5. The molecule has 208 valence electrons. The molecule has 1 aliphatic heterocycles. The minimum Gasteiger partial charge on any atom is -0.490 e. The number of nitrogens with zero attached hydrogens (tertiary/aromatic N) is 3. The van der Waals surface area contributed by atoms with E-state index in [-0.39, 0.29) is 18.1 Å². The molecule has 5 rings (SSSR count). The molecule has 0 bridgehead atoms. The molecule has 0 unspecified atom stereocenters. The van der Waals surface area contributed by atoms with Gasteiger partial charge in [0.2, 0.25) is 11.8 Å². The van der Waals surface area contributed by atoms with E-state index in [1.165, 1.54) is 0 Å². The first-order chi connectivity index (χ1) is 18.8. The van der Waals surface area contributed by atoms with Crippen molar-refractivity contribution in [3.05, 3.63) is 36.3 Å². The van der Waals surface area contributed by atoms with Crippen molar-refractivity contribution in [2.45, 2.75) is 83.6 Å². The normalized spacial score (nSPS) is 21.3. The zero-order valence-corrected chi connectivity index (χ0v) is 22.8. The maximum absolute atomic E-state index is 12.4. The van der Waals surface area contributed by atoms with Crippen molar-refractivity contribution in [2.24, 2.45) is 5.73 Å². The summed E-state index contributed by atoms with van der Waals surface area (Å²) in [5, 5.41) is 9.07. The van der Waals surface area contributed by atoms with E-state index in [1.807, 2.05) is 37.8 Å². The van der Waals surface area contributed by atoms with Crippen LogP contribution in [0.4, 0.5) is 0 Å². The Labute approximate surface area is 228 Å². The molecular weight excluding hydrogens is 498 g/mol. The van der Waals surface area contributed by atoms with Gasteiger partial charge in [-0.2, -0.15) is 5.10 Å². The van der Waals surface area contributed by atoms with Gasteiger partial charge in [-0.15, -0.1) is 0 Å². The third-order valence-corrected chi connectivity index (χ3v) is 7.42. The van der Waals surface area contributed by atoms with Crippen molar-refractivity contribution in [1.29, 1.82) is 0 Å². The van der Waals surface area contributed by atoms with Crippen molar-refractivity contribution >= 4 is 22.6 Å². The fourth-order valence-corrected chi connectivity index (χ4v) is 5.50. The first-order valence-corrected chi connectivity index (χ1v) is 13.8. The summed E-state index contributed by atoms with van der Waals surface area (Å²) in [5.41, 5.74) is 7.76. The number of primary amides is 1. The van der Waals surface area contributed by atoms with Crippen LogP contribution in [0.2, 0.25) is 0 Å². The number of hydrogen-bond donors (Lipinski definition) is 2. The molecule has 3 N–H and O–H groups in total. The zero-order valence-electron chi connectivity index (χ0n) is 22.8. The summed E-state index contributed by atoms with van der Waals surface area (Å²) in [5.74, 6) is 0.234. The Kier molecular flexibility index (Phi) is 8.02. The number of benzene rings is 1. The number of aromatic nitrogens is 3. The van der Waals surface area contributed by atoms with Crippen LogP contribution >= 0.6 is 0 Å². The lowest BCUT2D eigenvalue weighted by Crippen LogP contribution is -2.31. The summed E-state index contributed by atoms with van der Waals surface area (Å²) in [6, 6.07) is 3.77. The fourth-order valence-electron chi connectivity index (χ4n) is 5.50. The lowest BCUT2D eigenvalue weighted by atomic mass is 9.93. The lowest BCUT2D eigenvalue weighted by Gasteiger charge is -2.28. The second-order valence-corrected chi connectivity index (χ2v) is 10.6. The predicted octanol–water partition coefficient (Wildman–Crippen LogP) is 4.16. The molecule has 2 fully saturated rings. The summed E-state index contributed by atoms with van der Waals surface area (Å²) in [7, 11) is 0. The van der Waals surface area contributed by atoms with Gasteiger partial charge >= 0.3 is 0 Å². The minimum atomic E-state index is -0.576. The number of rotatable bonds is 10. The number of amides is 2. The Morgan fingerprint density at radius 1 is 1.15 bits per heavy atom. The molecule has 1 aromatic carbocycles. The van der Waals surface area contributed by atoms with Crippen molar-refractivity contribution < 1.29 is 23.8 Å². The quantitative estimate of drug-likeness (QED) is 0.399. The molecule has 3 aromatic rings. The van der Waals surface area contributed by atoms with Gasteiger partial charge in [0.05, 0.1) is 36.1 Å². The molecule has 2 amide bonds. The topological polar surface area (TPSA) is 131 Å². The summed E-state index contributed by atoms with van der Waals surface area (Å²) in [4.78, 5) is 28.7. The first kappa shape index (κ1) is 26.9. The summed E-state index contributed by atoms with van der Waals surface area (Å²) in [6.45, 7) is 6.86. The maximum atomic E-state index is 12.4. The van der Waals surface area contributed by atoms with Crippen LogP contribution in [0.5, 0.6) is 11.6 Å². The Balaban J connectivity index is 1.50. The van der Waals surface area contributed by atoms with Crippen LogP contribution in [0, 0.1) is 0 Å². The van der Waals surface area contributed by atoms with Crippen LogP contribution in [-0.2, 0) is 9.53 Å². The molecule has 0 radical (unpaired) electrons. The van der Waals surface area contributed by atoms with Gasteiger partial charge in [0.25, 0.3) is 5.91 Å². The van der Waals surface area contributed by atoms with Crippen molar-refractivity contribution in [1.82, 2.24) is 20.1 Å². The van der Waals surface area contributed by atoms with Gasteiger partial charge in [-0.25, -0.2) is 4.98 Å². The maximum Gasteiger partial charge on any atom is 0.252 e. The molecule has 1 saturated heterocycles. The molecule has 3 heterocycles. The van der Waals surface area contributed by atoms with Crippen LogP contribution in [0.15, 0.2) is 30.7 Å². The average Bonchev–Trinajstić information content (AvgIpc) is 3.56. The largest absolute Gasteiger partial charge is 0.490 e. The first-order valence-electron chi connectivity index (χ1n) is 13.8. The SMILES string of the molecule is CCOC1CCC(n2cc(-c3cnc(OC[C@@H]4CCC(=O)N4)c4cc(OC(C)C)c(C(N)=O)cc34)cn2)CC1. The Bertz CT molecular complexity index is 1350. The van der Waals surface area contributed by atoms with Crippen LogP contribution < -0.4 is 20.5 Å². The van der Waals surface area contributed by atoms with Crippen molar-refractivity contribution in [3.63, 3.8) is 0 Å². The Morgan fingerprint density at radius 3 is 2.62 bits per heavy atom. The Morgan fingerprint density at radius 2 is 1.95 bits per heavy atom. The number of carbonyl (C=O) groups is 2. The second-order valence-electron chi connectivity index (χ2n) is 10.6. The van der Waals surface area contributed by atoms with Crippen LogP contribution in [0.25, 0.3) is 21.9 Å². The lowest BCUT2D eigenvalue weighted by molar-refractivity contribution is -0.119. The zero-order chi connectivity index (χ0) is 27.5. The van der Waals surface area contributed by atoms with E-state index in [9.17, 15) is 9.59 Å². The summed E-state index contributed by atoms with van der Waals surface area (Å²) in [6.07, 6.45) is 11.1. The van der Waals surface area contributed by atoms with E-state index >= 15 is 0 Å². The van der Waals surface area contributed by atoms with Gasteiger partial charge < -0.3 is 25.3 Å². The van der Waals surface area contributed by atoms with E-state index in [4.69, 9.17) is 19.9 Å². The van der Waals surface area contributed by atoms with Gasteiger partial charge in [-0.1, -0.05) is 0 Å². The van der Waals surface area contributed by atoms with Crippen molar-refractivity contribution in [3.8, 4) is 22.8 Å². The summed E-state index contributed by atoms with van der Waals surface area (Å²) < 4.78 is 19.9. The monoisotopic (exact) mass is 535 g/mol. The molecule has 1 atom stereocenters. The molecule has 1 aliphatic carbocycles. The van der Waals surface area contributed by atoms with E-state index < -0.39 is 5.91 Å². The molecule has 39 heavy (non-hydrogen) atoms. The predicted molar refractivity (Wildman–Crippen MR) is 147 cm³/mol. The number of hydrogen-bond acceptors (Lipinski definition) is 7. The second kappa shape index (κ2) is 11.6. The van der Waals surface area contributed by atoms with E-state index in [0.29, 0.717) is 54.2 Å². The number of carbonyl (C=O) groups excluding carboxylic acids is 2. The fraction of sp³-hybridized carbons (Fsp3) is 0.517. The molecule has 2 aromatic heterocycles.